The van der Waals surface area contributed by atoms with Crippen LogP contribution in [0.1, 0.15) is 20.8 Å². The molecule has 104 valence electrons. The number of allylic oxidation sites excluding steroid dienone is 1. The van der Waals surface area contributed by atoms with E-state index in [0.29, 0.717) is 17.8 Å². The topological polar surface area (TPSA) is 49.9 Å². The maximum absolute atomic E-state index is 12.2. The molecular formula is C14H20N2O3. The molecular weight excluding hydrogens is 244 g/mol. The van der Waals surface area contributed by atoms with E-state index in [1.165, 1.54) is 4.90 Å². The van der Waals surface area contributed by atoms with Crippen molar-refractivity contribution in [2.75, 3.05) is 13.2 Å². The van der Waals surface area contributed by atoms with E-state index in [9.17, 15) is 9.59 Å². The van der Waals surface area contributed by atoms with E-state index in [0.717, 1.165) is 0 Å². The summed E-state index contributed by atoms with van der Waals surface area (Å²) in [6, 6.07) is -0.434. The van der Waals surface area contributed by atoms with E-state index >= 15 is 0 Å². The maximum atomic E-state index is 12.2. The minimum Gasteiger partial charge on any atom is -0.460 e. The zero-order valence-electron chi connectivity index (χ0n) is 11.7. The lowest BCUT2D eigenvalue weighted by atomic mass is 10.2. The van der Waals surface area contributed by atoms with E-state index in [1.807, 2.05) is 13.8 Å². The first kappa shape index (κ1) is 15.0. The molecule has 5 heteroatoms. The molecule has 1 heterocycles. The Morgan fingerprint density at radius 2 is 2.16 bits per heavy atom. The van der Waals surface area contributed by atoms with Gasteiger partial charge in [0.1, 0.15) is 6.61 Å². The molecule has 0 bridgehead atoms. The fraction of sp³-hybridized carbons (Fsp3) is 0.429. The van der Waals surface area contributed by atoms with Gasteiger partial charge in [-0.15, -0.1) is 0 Å². The van der Waals surface area contributed by atoms with E-state index in [-0.39, 0.29) is 18.7 Å². The summed E-state index contributed by atoms with van der Waals surface area (Å²) in [6.07, 6.45) is 3.47. The van der Waals surface area contributed by atoms with Gasteiger partial charge >= 0.3 is 12.0 Å². The molecule has 1 unspecified atom stereocenters. The van der Waals surface area contributed by atoms with Gasteiger partial charge in [-0.3, -0.25) is 4.90 Å². The number of nitrogens with zero attached hydrogens (tertiary/aromatic N) is 2. The first-order valence-electron chi connectivity index (χ1n) is 6.18. The third kappa shape index (κ3) is 3.47. The Hall–Kier alpha value is -2.04. The highest BCUT2D eigenvalue weighted by Gasteiger charge is 2.28. The van der Waals surface area contributed by atoms with Crippen LogP contribution in [0.4, 0.5) is 4.79 Å². The zero-order chi connectivity index (χ0) is 14.6. The first-order chi connectivity index (χ1) is 8.88. The van der Waals surface area contributed by atoms with Crippen LogP contribution in [0.3, 0.4) is 0 Å². The smallest absolute Gasteiger partial charge is 0.333 e. The fourth-order valence-electron chi connectivity index (χ4n) is 1.69. The maximum Gasteiger partial charge on any atom is 0.333 e. The first-order valence-corrected chi connectivity index (χ1v) is 6.18. The van der Waals surface area contributed by atoms with Crippen molar-refractivity contribution in [3.05, 3.63) is 36.7 Å². The van der Waals surface area contributed by atoms with Crippen molar-refractivity contribution in [1.29, 1.82) is 0 Å². The molecule has 0 radical (unpaired) electrons. The van der Waals surface area contributed by atoms with Gasteiger partial charge in [0.05, 0.1) is 6.04 Å². The average molecular weight is 264 g/mol. The molecule has 0 aliphatic carbocycles. The van der Waals surface area contributed by atoms with Crippen molar-refractivity contribution in [3.63, 3.8) is 0 Å². The lowest BCUT2D eigenvalue weighted by molar-refractivity contribution is -0.140. The number of hydrogen-bond acceptors (Lipinski definition) is 3. The fourth-order valence-corrected chi connectivity index (χ4v) is 1.69. The Labute approximate surface area is 113 Å². The largest absolute Gasteiger partial charge is 0.460 e. The molecule has 0 aromatic carbocycles. The minimum absolute atomic E-state index is 0.113. The Balaban J connectivity index is 2.70. The molecule has 0 saturated heterocycles. The van der Waals surface area contributed by atoms with Crippen molar-refractivity contribution < 1.29 is 14.3 Å². The predicted molar refractivity (Wildman–Crippen MR) is 73.1 cm³/mol. The second-order valence-electron chi connectivity index (χ2n) is 4.47. The normalized spacial score (nSPS) is 16.6. The van der Waals surface area contributed by atoms with Gasteiger partial charge in [0, 0.05) is 24.0 Å². The molecule has 19 heavy (non-hydrogen) atoms. The number of carbonyl (C=O) groups is 2. The van der Waals surface area contributed by atoms with Crippen molar-refractivity contribution in [3.8, 4) is 0 Å². The number of rotatable bonds is 5. The molecule has 0 aromatic heterocycles. The van der Waals surface area contributed by atoms with Crippen LogP contribution < -0.4 is 0 Å². The van der Waals surface area contributed by atoms with Gasteiger partial charge in [0.2, 0.25) is 0 Å². The second kappa shape index (κ2) is 6.22. The molecule has 0 fully saturated rings. The second-order valence-corrected chi connectivity index (χ2v) is 4.47. The standard InChI is InChI=1S/C14H20N2O3/c1-6-15-8-7-11(4)16(14(15)18)12(5)9-19-13(17)10(2)3/h7-8,12H,2,4,6,9H2,1,3,5H3. The summed E-state index contributed by atoms with van der Waals surface area (Å²) in [4.78, 5) is 26.6. The zero-order valence-corrected chi connectivity index (χ0v) is 11.7. The highest BCUT2D eigenvalue weighted by molar-refractivity contribution is 5.87. The van der Waals surface area contributed by atoms with Crippen molar-refractivity contribution in [2.45, 2.75) is 26.8 Å². The Morgan fingerprint density at radius 1 is 1.53 bits per heavy atom. The minimum atomic E-state index is -0.454. The van der Waals surface area contributed by atoms with Gasteiger partial charge in [0.15, 0.2) is 0 Å². The third-order valence-corrected chi connectivity index (χ3v) is 2.79. The molecule has 0 aromatic rings. The summed E-state index contributed by atoms with van der Waals surface area (Å²) < 4.78 is 5.07. The van der Waals surface area contributed by atoms with Gasteiger partial charge in [-0.05, 0) is 26.8 Å². The predicted octanol–water partition coefficient (Wildman–Crippen LogP) is 2.28. The summed E-state index contributed by atoms with van der Waals surface area (Å²) >= 11 is 0. The van der Waals surface area contributed by atoms with Crippen molar-refractivity contribution in [1.82, 2.24) is 9.80 Å². The summed E-state index contributed by atoms with van der Waals surface area (Å²) in [6.45, 7) is 13.3. The highest BCUT2D eigenvalue weighted by Crippen LogP contribution is 2.18. The number of carbonyl (C=O) groups excluding carboxylic acids is 2. The van der Waals surface area contributed by atoms with Gasteiger partial charge in [0.25, 0.3) is 0 Å². The lowest BCUT2D eigenvalue weighted by Crippen LogP contribution is -2.48. The van der Waals surface area contributed by atoms with Crippen LogP contribution >= 0.6 is 0 Å². The van der Waals surface area contributed by atoms with E-state index in [1.54, 1.807) is 24.1 Å². The quantitative estimate of drug-likeness (QED) is 0.565. The molecule has 1 atom stereocenters. The molecule has 0 spiro atoms. The number of hydrogen-bond donors (Lipinski definition) is 0. The monoisotopic (exact) mass is 264 g/mol. The molecule has 1 aliphatic heterocycles. The van der Waals surface area contributed by atoms with Gasteiger partial charge in [-0.2, -0.15) is 0 Å². The SMILES string of the molecule is C=C(C)C(=O)OCC(C)N1C(=C)C=CN(CC)C1=O. The molecule has 1 aliphatic rings. The molecule has 5 nitrogen and oxygen atoms in total. The van der Waals surface area contributed by atoms with Crippen LogP contribution in [-0.2, 0) is 9.53 Å². The Morgan fingerprint density at radius 3 is 2.68 bits per heavy atom. The Kier molecular flexibility index (Phi) is 4.92. The van der Waals surface area contributed by atoms with Crippen molar-refractivity contribution in [2.24, 2.45) is 0 Å². The molecule has 0 N–H and O–H groups in total. The molecule has 0 saturated carbocycles. The number of urea groups is 1. The summed E-state index contributed by atoms with van der Waals surface area (Å²) in [7, 11) is 0. The summed E-state index contributed by atoms with van der Waals surface area (Å²) in [5.41, 5.74) is 0.930. The van der Waals surface area contributed by atoms with Crippen LogP contribution in [0.2, 0.25) is 0 Å². The van der Waals surface area contributed by atoms with E-state index in [2.05, 4.69) is 13.2 Å². The van der Waals surface area contributed by atoms with Gasteiger partial charge in [-0.25, -0.2) is 9.59 Å². The van der Waals surface area contributed by atoms with Gasteiger partial charge in [-0.1, -0.05) is 13.2 Å². The van der Waals surface area contributed by atoms with E-state index < -0.39 is 5.97 Å². The molecule has 1 rings (SSSR count). The van der Waals surface area contributed by atoms with Crippen LogP contribution in [0.5, 0.6) is 0 Å². The third-order valence-electron chi connectivity index (χ3n) is 2.79. The van der Waals surface area contributed by atoms with Gasteiger partial charge < -0.3 is 9.64 Å². The van der Waals surface area contributed by atoms with Crippen LogP contribution in [0.15, 0.2) is 36.7 Å². The number of amides is 2. The lowest BCUT2D eigenvalue weighted by Gasteiger charge is -2.35. The van der Waals surface area contributed by atoms with Crippen LogP contribution in [0, 0.1) is 0 Å². The van der Waals surface area contributed by atoms with Crippen LogP contribution in [-0.4, -0.2) is 41.0 Å². The number of ether oxygens (including phenoxy) is 1. The van der Waals surface area contributed by atoms with Crippen molar-refractivity contribution >= 4 is 12.0 Å². The highest BCUT2D eigenvalue weighted by atomic mass is 16.5. The average Bonchev–Trinajstić information content (AvgIpc) is 2.36. The van der Waals surface area contributed by atoms with E-state index in [4.69, 9.17) is 4.74 Å². The summed E-state index contributed by atoms with van der Waals surface area (Å²) in [5, 5.41) is 0. The van der Waals surface area contributed by atoms with Crippen LogP contribution in [0.25, 0.3) is 0 Å². The molecule has 2 amide bonds. The number of esters is 1. The Bertz CT molecular complexity index is 440. The summed E-state index contributed by atoms with van der Waals surface area (Å²) in [5.74, 6) is -0.454.